The molecular formula is C19H24O3. The zero-order chi connectivity index (χ0) is 15.6. The van der Waals surface area contributed by atoms with E-state index in [4.69, 9.17) is 9.47 Å². The van der Waals surface area contributed by atoms with E-state index in [9.17, 15) is 4.79 Å². The highest BCUT2D eigenvalue weighted by atomic mass is 16.5. The quantitative estimate of drug-likeness (QED) is 0.779. The molecule has 22 heavy (non-hydrogen) atoms. The van der Waals surface area contributed by atoms with Gasteiger partial charge < -0.3 is 9.47 Å². The zero-order valence-corrected chi connectivity index (χ0v) is 13.4. The first-order valence-electron chi connectivity index (χ1n) is 8.24. The van der Waals surface area contributed by atoms with Crippen molar-refractivity contribution in [3.63, 3.8) is 0 Å². The SMILES string of the molecule is CCOC(=O)C1=C(C)OC2(CCC(c3ccccc3)CC2)C1. The largest absolute Gasteiger partial charge is 0.491 e. The Bertz CT molecular complexity index is 566. The summed E-state index contributed by atoms with van der Waals surface area (Å²) in [6.07, 6.45) is 4.96. The highest BCUT2D eigenvalue weighted by Crippen LogP contribution is 2.47. The molecule has 118 valence electrons. The molecule has 2 aliphatic rings. The van der Waals surface area contributed by atoms with Crippen molar-refractivity contribution in [2.45, 2.75) is 57.5 Å². The summed E-state index contributed by atoms with van der Waals surface area (Å²) in [5, 5.41) is 0. The number of hydrogen-bond acceptors (Lipinski definition) is 3. The second kappa shape index (κ2) is 6.15. The van der Waals surface area contributed by atoms with Crippen molar-refractivity contribution < 1.29 is 14.3 Å². The molecule has 3 rings (SSSR count). The van der Waals surface area contributed by atoms with E-state index in [0.29, 0.717) is 18.9 Å². The minimum Gasteiger partial charge on any atom is -0.491 e. The Hall–Kier alpha value is -1.77. The maximum atomic E-state index is 12.0. The van der Waals surface area contributed by atoms with Gasteiger partial charge in [0.2, 0.25) is 0 Å². The second-order valence-corrected chi connectivity index (χ2v) is 6.40. The van der Waals surface area contributed by atoms with E-state index in [1.807, 2.05) is 13.8 Å². The molecule has 1 aromatic rings. The molecule has 0 aromatic heterocycles. The Labute approximate surface area is 132 Å². The third kappa shape index (κ3) is 2.90. The smallest absolute Gasteiger partial charge is 0.337 e. The minimum absolute atomic E-state index is 0.169. The number of ether oxygens (including phenoxy) is 2. The standard InChI is InChI=1S/C19H24O3/c1-3-21-18(20)17-13-19(22-14(17)2)11-9-16(10-12-19)15-7-5-4-6-8-15/h4-8,16H,3,9-13H2,1-2H3. The van der Waals surface area contributed by atoms with E-state index in [2.05, 4.69) is 30.3 Å². The van der Waals surface area contributed by atoms with Gasteiger partial charge >= 0.3 is 5.97 Å². The van der Waals surface area contributed by atoms with Crippen LogP contribution in [-0.4, -0.2) is 18.2 Å². The van der Waals surface area contributed by atoms with E-state index in [1.54, 1.807) is 0 Å². The van der Waals surface area contributed by atoms with Crippen molar-refractivity contribution in [3.8, 4) is 0 Å². The molecular weight excluding hydrogens is 276 g/mol. The van der Waals surface area contributed by atoms with Crippen LogP contribution in [0.15, 0.2) is 41.7 Å². The molecule has 1 saturated carbocycles. The molecule has 0 bridgehead atoms. The van der Waals surface area contributed by atoms with Gasteiger partial charge in [0.05, 0.1) is 12.2 Å². The van der Waals surface area contributed by atoms with Gasteiger partial charge in [-0.2, -0.15) is 0 Å². The van der Waals surface area contributed by atoms with Gasteiger partial charge in [-0.1, -0.05) is 30.3 Å². The maximum absolute atomic E-state index is 12.0. The van der Waals surface area contributed by atoms with Crippen LogP contribution in [0.3, 0.4) is 0 Å². The lowest BCUT2D eigenvalue weighted by molar-refractivity contribution is -0.138. The van der Waals surface area contributed by atoms with E-state index >= 15 is 0 Å². The molecule has 1 aliphatic carbocycles. The van der Waals surface area contributed by atoms with Crippen molar-refractivity contribution in [1.29, 1.82) is 0 Å². The summed E-state index contributed by atoms with van der Waals surface area (Å²) >= 11 is 0. The number of carbonyl (C=O) groups excluding carboxylic acids is 1. The third-order valence-electron chi connectivity index (χ3n) is 4.98. The van der Waals surface area contributed by atoms with Crippen LogP contribution in [0.2, 0.25) is 0 Å². The number of benzene rings is 1. The van der Waals surface area contributed by atoms with Gasteiger partial charge in [-0.05, 0) is 51.0 Å². The molecule has 0 atom stereocenters. The van der Waals surface area contributed by atoms with Gasteiger partial charge in [0, 0.05) is 6.42 Å². The van der Waals surface area contributed by atoms with Crippen molar-refractivity contribution >= 4 is 5.97 Å². The molecule has 3 heteroatoms. The van der Waals surface area contributed by atoms with Gasteiger partial charge in [0.1, 0.15) is 11.4 Å². The molecule has 0 amide bonds. The van der Waals surface area contributed by atoms with Gasteiger partial charge in [-0.25, -0.2) is 4.79 Å². The van der Waals surface area contributed by atoms with Crippen LogP contribution in [0.25, 0.3) is 0 Å². The highest BCUT2D eigenvalue weighted by molar-refractivity contribution is 5.89. The molecule has 1 spiro atoms. The number of allylic oxidation sites excluding steroid dienone is 1. The summed E-state index contributed by atoms with van der Waals surface area (Å²) in [7, 11) is 0. The molecule has 0 saturated heterocycles. The number of hydrogen-bond donors (Lipinski definition) is 0. The van der Waals surface area contributed by atoms with Crippen LogP contribution in [-0.2, 0) is 14.3 Å². The first-order chi connectivity index (χ1) is 10.6. The van der Waals surface area contributed by atoms with Gasteiger partial charge in [0.25, 0.3) is 0 Å². The van der Waals surface area contributed by atoms with E-state index in [0.717, 1.165) is 37.0 Å². The second-order valence-electron chi connectivity index (χ2n) is 6.40. The molecule has 0 N–H and O–H groups in total. The van der Waals surface area contributed by atoms with Crippen LogP contribution in [0.5, 0.6) is 0 Å². The molecule has 1 fully saturated rings. The highest BCUT2D eigenvalue weighted by Gasteiger charge is 2.44. The topological polar surface area (TPSA) is 35.5 Å². The average Bonchev–Trinajstić information content (AvgIpc) is 2.86. The summed E-state index contributed by atoms with van der Waals surface area (Å²) in [5.41, 5.74) is 1.99. The lowest BCUT2D eigenvalue weighted by atomic mass is 9.74. The normalized spacial score (nSPS) is 27.8. The fourth-order valence-corrected chi connectivity index (χ4v) is 3.78. The maximum Gasteiger partial charge on any atom is 0.337 e. The van der Waals surface area contributed by atoms with Crippen molar-refractivity contribution in [1.82, 2.24) is 0 Å². The van der Waals surface area contributed by atoms with Crippen LogP contribution in [0.4, 0.5) is 0 Å². The number of rotatable bonds is 3. The summed E-state index contributed by atoms with van der Waals surface area (Å²) < 4.78 is 11.3. The van der Waals surface area contributed by atoms with Crippen molar-refractivity contribution in [3.05, 3.63) is 47.2 Å². The lowest BCUT2D eigenvalue weighted by Gasteiger charge is -2.37. The zero-order valence-electron chi connectivity index (χ0n) is 13.4. The lowest BCUT2D eigenvalue weighted by Crippen LogP contribution is -2.33. The Morgan fingerprint density at radius 1 is 1.27 bits per heavy atom. The van der Waals surface area contributed by atoms with Crippen molar-refractivity contribution in [2.24, 2.45) is 0 Å². The Morgan fingerprint density at radius 3 is 2.59 bits per heavy atom. The van der Waals surface area contributed by atoms with E-state index in [-0.39, 0.29) is 11.6 Å². The Kier molecular flexibility index (Phi) is 4.23. The van der Waals surface area contributed by atoms with Gasteiger partial charge in [-0.3, -0.25) is 0 Å². The van der Waals surface area contributed by atoms with Crippen LogP contribution in [0, 0.1) is 0 Å². The van der Waals surface area contributed by atoms with Crippen LogP contribution in [0.1, 0.15) is 57.4 Å². The number of carbonyl (C=O) groups is 1. The third-order valence-corrected chi connectivity index (χ3v) is 4.98. The van der Waals surface area contributed by atoms with E-state index < -0.39 is 0 Å². The average molecular weight is 300 g/mol. The monoisotopic (exact) mass is 300 g/mol. The summed E-state index contributed by atoms with van der Waals surface area (Å²) in [6.45, 7) is 4.15. The Morgan fingerprint density at radius 2 is 1.95 bits per heavy atom. The van der Waals surface area contributed by atoms with Crippen LogP contribution < -0.4 is 0 Å². The first kappa shape index (κ1) is 15.1. The first-order valence-corrected chi connectivity index (χ1v) is 8.24. The number of esters is 1. The van der Waals surface area contributed by atoms with Gasteiger partial charge in [0.15, 0.2) is 0 Å². The predicted octanol–water partition coefficient (Wildman–Crippen LogP) is 4.34. The summed E-state index contributed by atoms with van der Waals surface area (Å²) in [4.78, 5) is 12.0. The summed E-state index contributed by atoms with van der Waals surface area (Å²) in [6, 6.07) is 10.7. The van der Waals surface area contributed by atoms with Gasteiger partial charge in [-0.15, -0.1) is 0 Å². The fraction of sp³-hybridized carbons (Fsp3) is 0.526. The van der Waals surface area contributed by atoms with Crippen molar-refractivity contribution in [2.75, 3.05) is 6.61 Å². The predicted molar refractivity (Wildman–Crippen MR) is 85.4 cm³/mol. The molecule has 3 nitrogen and oxygen atoms in total. The molecule has 0 unspecified atom stereocenters. The molecule has 1 heterocycles. The minimum atomic E-state index is -0.206. The molecule has 1 aromatic carbocycles. The fourth-order valence-electron chi connectivity index (χ4n) is 3.78. The van der Waals surface area contributed by atoms with E-state index in [1.165, 1.54) is 5.56 Å². The molecule has 1 aliphatic heterocycles. The molecule has 0 radical (unpaired) electrons. The Balaban J connectivity index is 1.64. The van der Waals surface area contributed by atoms with Crippen LogP contribution >= 0.6 is 0 Å². The summed E-state index contributed by atoms with van der Waals surface area (Å²) in [5.74, 6) is 1.17.